The van der Waals surface area contributed by atoms with Crippen molar-refractivity contribution in [1.82, 2.24) is 4.90 Å². The Kier molecular flexibility index (Phi) is 4.76. The predicted molar refractivity (Wildman–Crippen MR) is 104 cm³/mol. The normalized spacial score (nSPS) is 18.4. The monoisotopic (exact) mass is 391 g/mol. The van der Waals surface area contributed by atoms with E-state index in [-0.39, 0.29) is 23.4 Å². The summed E-state index contributed by atoms with van der Waals surface area (Å²) in [5.41, 5.74) is 1.35. The van der Waals surface area contributed by atoms with Gasteiger partial charge in [0.15, 0.2) is 0 Å². The number of nitrogens with zero attached hydrogens (tertiary/aromatic N) is 1. The number of rotatable bonds is 4. The number of aliphatic hydroxyl groups is 1. The third kappa shape index (κ3) is 3.33. The molecule has 1 N–H and O–H groups in total. The molecule has 4 rings (SSSR count). The van der Waals surface area contributed by atoms with E-state index in [1.54, 1.807) is 42.5 Å². The zero-order valence-electron chi connectivity index (χ0n) is 15.6. The highest BCUT2D eigenvalue weighted by atomic mass is 19.1. The first kappa shape index (κ1) is 18.7. The average molecular weight is 391 g/mol. The van der Waals surface area contributed by atoms with Crippen molar-refractivity contribution in [2.45, 2.75) is 19.5 Å². The molecule has 1 amide bonds. The fourth-order valence-electron chi connectivity index (χ4n) is 3.50. The van der Waals surface area contributed by atoms with Gasteiger partial charge in [0.05, 0.1) is 24.4 Å². The molecule has 1 fully saturated rings. The lowest BCUT2D eigenvalue weighted by molar-refractivity contribution is -0.140. The third-order valence-corrected chi connectivity index (χ3v) is 4.97. The summed E-state index contributed by atoms with van der Waals surface area (Å²) in [4.78, 5) is 26.9. The number of ketones is 1. The van der Waals surface area contributed by atoms with E-state index in [0.29, 0.717) is 11.3 Å². The highest BCUT2D eigenvalue weighted by Crippen LogP contribution is 2.41. The Morgan fingerprint density at radius 2 is 1.79 bits per heavy atom. The van der Waals surface area contributed by atoms with Crippen molar-refractivity contribution in [1.29, 1.82) is 0 Å². The first-order valence-corrected chi connectivity index (χ1v) is 9.09. The Hall–Kier alpha value is -3.67. The van der Waals surface area contributed by atoms with Crippen molar-refractivity contribution in [3.05, 3.63) is 101 Å². The molecule has 1 saturated heterocycles. The van der Waals surface area contributed by atoms with E-state index < -0.39 is 23.5 Å². The summed E-state index contributed by atoms with van der Waals surface area (Å²) in [5.74, 6) is -2.13. The van der Waals surface area contributed by atoms with Crippen LogP contribution in [0, 0.1) is 12.7 Å². The first-order valence-electron chi connectivity index (χ1n) is 9.09. The van der Waals surface area contributed by atoms with Crippen molar-refractivity contribution < 1.29 is 23.5 Å². The van der Waals surface area contributed by atoms with Gasteiger partial charge in [-0.25, -0.2) is 4.39 Å². The van der Waals surface area contributed by atoms with Crippen LogP contribution in [0.5, 0.6) is 0 Å². The van der Waals surface area contributed by atoms with E-state index >= 15 is 0 Å². The fraction of sp³-hybridized carbons (Fsp3) is 0.130. The van der Waals surface area contributed by atoms with E-state index in [9.17, 15) is 19.1 Å². The topological polar surface area (TPSA) is 70.8 Å². The van der Waals surface area contributed by atoms with Gasteiger partial charge in [-0.3, -0.25) is 9.59 Å². The SMILES string of the molecule is Cc1ccc(C(O)=C2C(=O)C(=O)N(Cc3ccco3)[C@@H]2c2ccccc2F)cc1. The number of likely N-dealkylation sites (tertiary alicyclic amines) is 1. The van der Waals surface area contributed by atoms with Crippen molar-refractivity contribution >= 4 is 17.4 Å². The van der Waals surface area contributed by atoms with Gasteiger partial charge in [-0.1, -0.05) is 48.0 Å². The molecule has 2 heterocycles. The standard InChI is InChI=1S/C23H18FNO4/c1-14-8-10-15(11-9-14)21(26)19-20(17-6-2-3-7-18(17)24)25(23(28)22(19)27)13-16-5-4-12-29-16/h2-12,20,26H,13H2,1H3/t20-/m1/s1. The quantitative estimate of drug-likeness (QED) is 0.408. The molecular formula is C23H18FNO4. The van der Waals surface area contributed by atoms with Gasteiger partial charge < -0.3 is 14.4 Å². The summed E-state index contributed by atoms with van der Waals surface area (Å²) in [5, 5.41) is 10.9. The molecular weight excluding hydrogens is 373 g/mol. The van der Waals surface area contributed by atoms with Crippen LogP contribution in [-0.2, 0) is 16.1 Å². The molecule has 1 aromatic heterocycles. The largest absolute Gasteiger partial charge is 0.507 e. The van der Waals surface area contributed by atoms with Gasteiger partial charge in [0.2, 0.25) is 0 Å². The highest BCUT2D eigenvalue weighted by Gasteiger charge is 2.47. The molecule has 0 bridgehead atoms. The maximum absolute atomic E-state index is 14.7. The molecule has 1 atom stereocenters. The first-order chi connectivity index (χ1) is 14.0. The van der Waals surface area contributed by atoms with Crippen LogP contribution in [0.4, 0.5) is 4.39 Å². The second-order valence-corrected chi connectivity index (χ2v) is 6.89. The highest BCUT2D eigenvalue weighted by molar-refractivity contribution is 6.46. The second kappa shape index (κ2) is 7.39. The predicted octanol–water partition coefficient (Wildman–Crippen LogP) is 4.35. The van der Waals surface area contributed by atoms with Crippen LogP contribution in [0.3, 0.4) is 0 Å². The molecule has 1 aliphatic heterocycles. The number of furan rings is 1. The smallest absolute Gasteiger partial charge is 0.296 e. The third-order valence-electron chi connectivity index (χ3n) is 4.97. The molecule has 0 saturated carbocycles. The van der Waals surface area contributed by atoms with Crippen molar-refractivity contribution in [2.24, 2.45) is 0 Å². The number of carbonyl (C=O) groups excluding carboxylic acids is 2. The van der Waals surface area contributed by atoms with Crippen molar-refractivity contribution in [2.75, 3.05) is 0 Å². The lowest BCUT2D eigenvalue weighted by Gasteiger charge is -2.24. The zero-order valence-corrected chi connectivity index (χ0v) is 15.6. The van der Waals surface area contributed by atoms with Crippen LogP contribution < -0.4 is 0 Å². The molecule has 2 aromatic carbocycles. The minimum Gasteiger partial charge on any atom is -0.507 e. The van der Waals surface area contributed by atoms with E-state index in [1.165, 1.54) is 29.4 Å². The number of amides is 1. The number of halogens is 1. The minimum absolute atomic E-state index is 0.0265. The van der Waals surface area contributed by atoms with E-state index in [2.05, 4.69) is 0 Å². The van der Waals surface area contributed by atoms with Crippen molar-refractivity contribution in [3.8, 4) is 0 Å². The van der Waals surface area contributed by atoms with Gasteiger partial charge in [-0.15, -0.1) is 0 Å². The molecule has 1 aliphatic rings. The number of hydrogen-bond acceptors (Lipinski definition) is 4. The number of hydrogen-bond donors (Lipinski definition) is 1. The van der Waals surface area contributed by atoms with Crippen LogP contribution in [0.1, 0.15) is 28.5 Å². The summed E-state index contributed by atoms with van der Waals surface area (Å²) < 4.78 is 20.0. The molecule has 5 nitrogen and oxygen atoms in total. The average Bonchev–Trinajstić information content (AvgIpc) is 3.31. The van der Waals surface area contributed by atoms with Crippen LogP contribution in [0.25, 0.3) is 5.76 Å². The van der Waals surface area contributed by atoms with Crippen LogP contribution in [-0.4, -0.2) is 21.7 Å². The number of benzene rings is 2. The van der Waals surface area contributed by atoms with E-state index in [1.807, 2.05) is 6.92 Å². The maximum atomic E-state index is 14.7. The van der Waals surface area contributed by atoms with Gasteiger partial charge in [0, 0.05) is 11.1 Å². The lowest BCUT2D eigenvalue weighted by atomic mass is 9.94. The number of aliphatic hydroxyl groups excluding tert-OH is 1. The van der Waals surface area contributed by atoms with Crippen LogP contribution in [0.2, 0.25) is 0 Å². The molecule has 0 spiro atoms. The fourth-order valence-corrected chi connectivity index (χ4v) is 3.50. The number of carbonyl (C=O) groups is 2. The van der Waals surface area contributed by atoms with Gasteiger partial charge >= 0.3 is 0 Å². The van der Waals surface area contributed by atoms with Crippen LogP contribution >= 0.6 is 0 Å². The second-order valence-electron chi connectivity index (χ2n) is 6.89. The number of Topliss-reactive ketones (excluding diaryl/α,β-unsaturated/α-hetero) is 1. The Morgan fingerprint density at radius 3 is 2.45 bits per heavy atom. The number of aryl methyl sites for hydroxylation is 1. The van der Waals surface area contributed by atoms with E-state index in [4.69, 9.17) is 4.42 Å². The van der Waals surface area contributed by atoms with Gasteiger partial charge in [0.25, 0.3) is 11.7 Å². The van der Waals surface area contributed by atoms with E-state index in [0.717, 1.165) is 5.56 Å². The summed E-state index contributed by atoms with van der Waals surface area (Å²) in [6.07, 6.45) is 1.45. The Morgan fingerprint density at radius 1 is 1.07 bits per heavy atom. The molecule has 0 aliphatic carbocycles. The summed E-state index contributed by atoms with van der Waals surface area (Å²) in [7, 11) is 0. The van der Waals surface area contributed by atoms with Gasteiger partial charge in [0.1, 0.15) is 17.3 Å². The molecule has 6 heteroatoms. The molecule has 3 aromatic rings. The molecule has 146 valence electrons. The zero-order chi connectivity index (χ0) is 20.5. The lowest BCUT2D eigenvalue weighted by Crippen LogP contribution is -2.29. The van der Waals surface area contributed by atoms with Gasteiger partial charge in [-0.2, -0.15) is 0 Å². The summed E-state index contributed by atoms with van der Waals surface area (Å²) in [6.45, 7) is 1.87. The minimum atomic E-state index is -1.07. The Bertz CT molecular complexity index is 1100. The van der Waals surface area contributed by atoms with Gasteiger partial charge in [-0.05, 0) is 25.1 Å². The summed E-state index contributed by atoms with van der Waals surface area (Å²) in [6, 6.07) is 15.0. The molecule has 0 unspecified atom stereocenters. The maximum Gasteiger partial charge on any atom is 0.296 e. The Balaban J connectivity index is 1.89. The molecule has 29 heavy (non-hydrogen) atoms. The molecule has 0 radical (unpaired) electrons. The summed E-state index contributed by atoms with van der Waals surface area (Å²) >= 11 is 0. The Labute approximate surface area is 166 Å². The van der Waals surface area contributed by atoms with Crippen molar-refractivity contribution in [3.63, 3.8) is 0 Å². The van der Waals surface area contributed by atoms with Crippen LogP contribution in [0.15, 0.2) is 76.9 Å².